The van der Waals surface area contributed by atoms with Crippen molar-refractivity contribution in [1.29, 1.82) is 0 Å². The number of ether oxygens (including phenoxy) is 1. The number of hydrogen-bond donors (Lipinski definition) is 1. The molecule has 0 atom stereocenters. The monoisotopic (exact) mass is 362 g/mol. The number of carbonyl (C=O) groups is 1. The Labute approximate surface area is 138 Å². The van der Waals surface area contributed by atoms with Crippen molar-refractivity contribution in [2.75, 3.05) is 0 Å². The van der Waals surface area contributed by atoms with E-state index in [2.05, 4.69) is 26.5 Å². The first-order chi connectivity index (χ1) is 10.7. The van der Waals surface area contributed by atoms with Gasteiger partial charge in [-0.25, -0.2) is 10.2 Å². The molecule has 0 heterocycles. The van der Waals surface area contributed by atoms with E-state index < -0.39 is 6.09 Å². The normalized spacial score (nSPS) is 32.0. The molecule has 0 aromatic heterocycles. The fourth-order valence-corrected chi connectivity index (χ4v) is 4.86. The lowest BCUT2D eigenvalue weighted by Crippen LogP contribution is -2.46. The molecule has 0 spiro atoms. The molecule has 0 radical (unpaired) electrons. The number of amides is 1. The van der Waals surface area contributed by atoms with Gasteiger partial charge in [-0.3, -0.25) is 0 Å². The van der Waals surface area contributed by atoms with Crippen molar-refractivity contribution in [3.05, 3.63) is 28.7 Å². The molecule has 4 fully saturated rings. The van der Waals surface area contributed by atoms with E-state index in [1.54, 1.807) is 12.1 Å². The molecule has 4 aliphatic carbocycles. The zero-order valence-electron chi connectivity index (χ0n) is 12.3. The maximum Gasteiger partial charge on any atom is 0.433 e. The molecule has 22 heavy (non-hydrogen) atoms. The average molecular weight is 363 g/mol. The van der Waals surface area contributed by atoms with Crippen LogP contribution in [0, 0.1) is 23.7 Å². The Balaban J connectivity index is 1.39. The van der Waals surface area contributed by atoms with Gasteiger partial charge in [-0.1, -0.05) is 15.9 Å². The van der Waals surface area contributed by atoms with Gasteiger partial charge in [0.05, 0.1) is 0 Å². The highest BCUT2D eigenvalue weighted by Gasteiger charge is 2.46. The maximum absolute atomic E-state index is 11.9. The molecule has 1 aromatic rings. The Hall–Kier alpha value is -1.36. The lowest BCUT2D eigenvalue weighted by molar-refractivity contribution is 0.108. The number of halogens is 1. The van der Waals surface area contributed by atoms with E-state index in [0.717, 1.165) is 16.3 Å². The molecular formula is C17H19BrN2O2. The van der Waals surface area contributed by atoms with Gasteiger partial charge in [-0.2, -0.15) is 5.10 Å². The van der Waals surface area contributed by atoms with Crippen LogP contribution < -0.4 is 10.2 Å². The summed E-state index contributed by atoms with van der Waals surface area (Å²) in [6.07, 6.45) is 5.94. The molecule has 0 unspecified atom stereocenters. The molecule has 1 aromatic carbocycles. The number of rotatable bonds is 2. The molecule has 4 saturated carbocycles. The van der Waals surface area contributed by atoms with E-state index in [0.29, 0.717) is 17.6 Å². The van der Waals surface area contributed by atoms with Gasteiger partial charge in [0.25, 0.3) is 0 Å². The Morgan fingerprint density at radius 1 is 1.05 bits per heavy atom. The Bertz CT molecular complexity index is 582. The first-order valence-corrected chi connectivity index (χ1v) is 8.77. The van der Waals surface area contributed by atoms with E-state index in [4.69, 9.17) is 4.74 Å². The minimum atomic E-state index is -0.511. The Morgan fingerprint density at radius 3 is 2.23 bits per heavy atom. The first kappa shape index (κ1) is 14.2. The molecule has 4 nitrogen and oxygen atoms in total. The number of hydrogen-bond acceptors (Lipinski definition) is 3. The molecular weight excluding hydrogens is 344 g/mol. The van der Waals surface area contributed by atoms with Gasteiger partial charge in [0.2, 0.25) is 0 Å². The van der Waals surface area contributed by atoms with Gasteiger partial charge >= 0.3 is 6.09 Å². The van der Waals surface area contributed by atoms with E-state index in [1.165, 1.54) is 37.8 Å². The van der Waals surface area contributed by atoms with Gasteiger partial charge in [-0.15, -0.1) is 0 Å². The van der Waals surface area contributed by atoms with E-state index in [-0.39, 0.29) is 0 Å². The third-order valence-corrected chi connectivity index (χ3v) is 5.80. The second-order valence-corrected chi connectivity index (χ2v) is 7.71. The van der Waals surface area contributed by atoms with E-state index >= 15 is 0 Å². The minimum Gasteiger partial charge on any atom is -0.409 e. The fourth-order valence-electron chi connectivity index (χ4n) is 4.59. The summed E-state index contributed by atoms with van der Waals surface area (Å²) in [6, 6.07) is 7.18. The number of nitrogens with zero attached hydrogens (tertiary/aromatic N) is 1. The second-order valence-electron chi connectivity index (χ2n) is 6.80. The highest BCUT2D eigenvalue weighted by atomic mass is 79.9. The van der Waals surface area contributed by atoms with Crippen LogP contribution in [0.5, 0.6) is 5.75 Å². The summed E-state index contributed by atoms with van der Waals surface area (Å²) in [4.78, 5) is 11.9. The number of carbonyl (C=O) groups excluding carboxylic acids is 1. The molecule has 1 amide bonds. The molecule has 4 aliphatic rings. The summed E-state index contributed by atoms with van der Waals surface area (Å²) in [5.74, 6) is 3.49. The van der Waals surface area contributed by atoms with E-state index in [1.807, 2.05) is 12.1 Å². The van der Waals surface area contributed by atoms with Crippen molar-refractivity contribution < 1.29 is 9.53 Å². The summed E-state index contributed by atoms with van der Waals surface area (Å²) in [7, 11) is 0. The smallest absolute Gasteiger partial charge is 0.409 e. The minimum absolute atomic E-state index is 0.511. The van der Waals surface area contributed by atoms with Gasteiger partial charge in [0.1, 0.15) is 5.75 Å². The predicted molar refractivity (Wildman–Crippen MR) is 87.8 cm³/mol. The van der Waals surface area contributed by atoms with Crippen LogP contribution >= 0.6 is 15.9 Å². The van der Waals surface area contributed by atoms with Gasteiger partial charge in [-0.05, 0) is 80.0 Å². The third kappa shape index (κ3) is 2.78. The Morgan fingerprint density at radius 2 is 1.64 bits per heavy atom. The maximum atomic E-state index is 11.9. The average Bonchev–Trinajstić information content (AvgIpc) is 2.48. The highest BCUT2D eigenvalue weighted by Crippen LogP contribution is 2.52. The molecule has 0 saturated heterocycles. The molecule has 5 rings (SSSR count). The second kappa shape index (κ2) is 5.69. The zero-order valence-corrected chi connectivity index (χ0v) is 13.9. The van der Waals surface area contributed by atoms with Crippen LogP contribution in [0.15, 0.2) is 33.8 Å². The van der Waals surface area contributed by atoms with E-state index in [9.17, 15) is 4.79 Å². The molecule has 0 aliphatic heterocycles. The largest absolute Gasteiger partial charge is 0.433 e. The molecule has 5 heteroatoms. The van der Waals surface area contributed by atoms with Crippen LogP contribution in [-0.4, -0.2) is 11.8 Å². The van der Waals surface area contributed by atoms with Crippen LogP contribution in [0.25, 0.3) is 0 Å². The highest BCUT2D eigenvalue weighted by molar-refractivity contribution is 9.10. The standard InChI is InChI=1S/C17H19BrN2O2/c18-14-1-3-15(4-2-14)22-17(21)20-19-16-12-6-10-5-11(8-12)9-13(16)7-10/h1-4,10-13H,5-9H2,(H,20,21). The SMILES string of the molecule is O=C(NN=C1C2CC3CC(C2)CC1C3)Oc1ccc(Br)cc1. The van der Waals surface area contributed by atoms with Gasteiger partial charge in [0, 0.05) is 10.2 Å². The van der Waals surface area contributed by atoms with Crippen LogP contribution in [0.1, 0.15) is 32.1 Å². The first-order valence-electron chi connectivity index (χ1n) is 7.98. The lowest BCUT2D eigenvalue weighted by Gasteiger charge is -2.50. The summed E-state index contributed by atoms with van der Waals surface area (Å²) in [5.41, 5.74) is 3.80. The summed E-state index contributed by atoms with van der Waals surface area (Å²) in [5, 5.41) is 4.42. The lowest BCUT2D eigenvalue weighted by atomic mass is 9.55. The molecule has 4 bridgehead atoms. The number of nitrogens with one attached hydrogen (secondary N) is 1. The molecule has 1 N–H and O–H groups in total. The van der Waals surface area contributed by atoms with Crippen molar-refractivity contribution in [3.8, 4) is 5.75 Å². The van der Waals surface area contributed by atoms with Gasteiger partial charge in [0.15, 0.2) is 0 Å². The van der Waals surface area contributed by atoms with Crippen molar-refractivity contribution in [2.45, 2.75) is 32.1 Å². The van der Waals surface area contributed by atoms with Crippen LogP contribution in [0.3, 0.4) is 0 Å². The molecule has 116 valence electrons. The number of benzene rings is 1. The van der Waals surface area contributed by atoms with Crippen LogP contribution in [0.2, 0.25) is 0 Å². The number of hydrazone groups is 1. The summed E-state index contributed by atoms with van der Waals surface area (Å²) < 4.78 is 6.19. The van der Waals surface area contributed by atoms with Crippen LogP contribution in [-0.2, 0) is 0 Å². The van der Waals surface area contributed by atoms with Crippen LogP contribution in [0.4, 0.5) is 4.79 Å². The zero-order chi connectivity index (χ0) is 15.1. The fraction of sp³-hybridized carbons (Fsp3) is 0.529. The van der Waals surface area contributed by atoms with Crippen molar-refractivity contribution in [3.63, 3.8) is 0 Å². The third-order valence-electron chi connectivity index (χ3n) is 5.28. The van der Waals surface area contributed by atoms with Gasteiger partial charge < -0.3 is 4.74 Å². The Kier molecular flexibility index (Phi) is 3.68. The predicted octanol–water partition coefficient (Wildman–Crippen LogP) is 4.35. The van der Waals surface area contributed by atoms with Crippen molar-refractivity contribution >= 4 is 27.7 Å². The van der Waals surface area contributed by atoms with Crippen molar-refractivity contribution in [1.82, 2.24) is 5.43 Å². The summed E-state index contributed by atoms with van der Waals surface area (Å²) >= 11 is 3.35. The topological polar surface area (TPSA) is 50.7 Å². The van der Waals surface area contributed by atoms with Crippen molar-refractivity contribution in [2.24, 2.45) is 28.8 Å². The summed E-state index contributed by atoms with van der Waals surface area (Å²) in [6.45, 7) is 0. The quantitative estimate of drug-likeness (QED) is 0.795.